The van der Waals surface area contributed by atoms with Crippen LogP contribution in [0.25, 0.3) is 0 Å². The highest BCUT2D eigenvalue weighted by molar-refractivity contribution is 5.96. The molecule has 8 nitrogen and oxygen atoms in total. The van der Waals surface area contributed by atoms with Gasteiger partial charge in [-0.05, 0) is 69.5 Å². The lowest BCUT2D eigenvalue weighted by atomic mass is 9.51. The second kappa shape index (κ2) is 11.3. The number of esters is 1. The maximum absolute atomic E-state index is 13.5. The predicted octanol–water partition coefficient (Wildman–Crippen LogP) is 4.51. The third-order valence-corrected chi connectivity index (χ3v) is 10.1. The topological polar surface area (TPSA) is 93.2 Å². The molecule has 0 radical (unpaired) electrons. The summed E-state index contributed by atoms with van der Waals surface area (Å²) in [5, 5.41) is 0. The molecule has 1 spiro atoms. The van der Waals surface area contributed by atoms with Gasteiger partial charge in [0.25, 0.3) is 0 Å². The number of benzene rings is 2. The van der Waals surface area contributed by atoms with E-state index in [1.807, 2.05) is 48.3 Å². The molecule has 1 amide bonds. The van der Waals surface area contributed by atoms with Gasteiger partial charge in [0, 0.05) is 49.4 Å². The molecular formula is C34H40N2O6. The van der Waals surface area contributed by atoms with E-state index >= 15 is 0 Å². The van der Waals surface area contributed by atoms with Gasteiger partial charge in [-0.15, -0.1) is 0 Å². The first-order valence-corrected chi connectivity index (χ1v) is 15.3. The zero-order valence-electron chi connectivity index (χ0n) is 24.8. The molecule has 2 fully saturated rings. The Morgan fingerprint density at radius 1 is 1.02 bits per heavy atom. The predicted molar refractivity (Wildman–Crippen MR) is 157 cm³/mol. The van der Waals surface area contributed by atoms with Crippen LogP contribution < -0.4 is 9.47 Å². The Labute approximate surface area is 247 Å². The average molecular weight is 573 g/mol. The van der Waals surface area contributed by atoms with E-state index < -0.39 is 5.97 Å². The van der Waals surface area contributed by atoms with Crippen LogP contribution in [-0.2, 0) is 26.2 Å². The van der Waals surface area contributed by atoms with Crippen molar-refractivity contribution in [3.05, 3.63) is 59.2 Å². The molecule has 42 heavy (non-hydrogen) atoms. The third kappa shape index (κ3) is 4.83. The number of unbranched alkanes of at least 4 members (excludes halogenated alkanes) is 1. The minimum Gasteiger partial charge on any atom is -0.483 e. The van der Waals surface area contributed by atoms with Gasteiger partial charge in [0.2, 0.25) is 5.91 Å². The molecular weight excluding hydrogens is 532 g/mol. The summed E-state index contributed by atoms with van der Waals surface area (Å²) >= 11 is 0. The molecule has 6 rings (SSSR count). The summed E-state index contributed by atoms with van der Waals surface area (Å²) in [6, 6.07) is 13.3. The lowest BCUT2D eigenvalue weighted by Crippen LogP contribution is -2.69. The van der Waals surface area contributed by atoms with E-state index in [1.54, 1.807) is 6.92 Å². The second-order valence-corrected chi connectivity index (χ2v) is 12.5. The van der Waals surface area contributed by atoms with E-state index in [0.717, 1.165) is 37.8 Å². The fourth-order valence-electron chi connectivity index (χ4n) is 8.39. The smallest absolute Gasteiger partial charge is 0.308 e. The number of carbonyl (C=O) groups is 4. The molecule has 2 aliphatic carbocycles. The van der Waals surface area contributed by atoms with Gasteiger partial charge >= 0.3 is 5.97 Å². The van der Waals surface area contributed by atoms with Crippen LogP contribution in [0.2, 0.25) is 0 Å². The average Bonchev–Trinajstić information content (AvgIpc) is 3.32. The Morgan fingerprint density at radius 2 is 1.79 bits per heavy atom. The van der Waals surface area contributed by atoms with Crippen molar-refractivity contribution in [2.75, 3.05) is 20.1 Å². The molecule has 2 aromatic carbocycles. The lowest BCUT2D eigenvalue weighted by molar-refractivity contribution is -0.141. The summed E-state index contributed by atoms with van der Waals surface area (Å²) in [6.07, 6.45) is 5.27. The number of carbonyl (C=O) groups excluding carboxylic acids is 4. The molecule has 4 aliphatic rings. The molecule has 5 atom stereocenters. The van der Waals surface area contributed by atoms with Crippen molar-refractivity contribution in [2.45, 2.75) is 88.8 Å². The zero-order chi connectivity index (χ0) is 29.6. The number of Topliss-reactive ketones (excluding diaryl/α,β-unsaturated/α-hetero) is 2. The van der Waals surface area contributed by atoms with Crippen molar-refractivity contribution < 1.29 is 28.7 Å². The highest BCUT2D eigenvalue weighted by Gasteiger charge is 2.66. The molecule has 2 aromatic rings. The monoisotopic (exact) mass is 572 g/mol. The molecule has 8 heteroatoms. The van der Waals surface area contributed by atoms with Crippen LogP contribution in [0.15, 0.2) is 42.5 Å². The highest BCUT2D eigenvalue weighted by Crippen LogP contribution is 2.64. The number of amides is 1. The summed E-state index contributed by atoms with van der Waals surface area (Å²) in [6.45, 7) is 4.29. The van der Waals surface area contributed by atoms with E-state index in [-0.39, 0.29) is 41.1 Å². The van der Waals surface area contributed by atoms with Gasteiger partial charge in [-0.2, -0.15) is 0 Å². The van der Waals surface area contributed by atoms with E-state index in [1.165, 1.54) is 12.5 Å². The minimum absolute atomic E-state index is 0.0587. The summed E-state index contributed by atoms with van der Waals surface area (Å²) in [4.78, 5) is 54.3. The van der Waals surface area contributed by atoms with Crippen LogP contribution in [0.5, 0.6) is 11.5 Å². The maximum atomic E-state index is 13.5. The largest absolute Gasteiger partial charge is 0.483 e. The first kappa shape index (κ1) is 28.6. The number of likely N-dealkylation sites (tertiary alicyclic amines) is 1. The van der Waals surface area contributed by atoms with Crippen LogP contribution >= 0.6 is 0 Å². The fourth-order valence-corrected chi connectivity index (χ4v) is 8.39. The second-order valence-electron chi connectivity index (χ2n) is 12.5. The Kier molecular flexibility index (Phi) is 7.68. The Morgan fingerprint density at radius 3 is 2.52 bits per heavy atom. The molecule has 2 heterocycles. The maximum Gasteiger partial charge on any atom is 0.308 e. The number of piperidine rings is 1. The number of rotatable bonds is 10. The molecule has 1 saturated heterocycles. The molecule has 0 N–H and O–H groups in total. The highest BCUT2D eigenvalue weighted by atomic mass is 16.6. The van der Waals surface area contributed by atoms with Crippen LogP contribution in [0.1, 0.15) is 80.3 Å². The van der Waals surface area contributed by atoms with Crippen molar-refractivity contribution in [1.29, 1.82) is 0 Å². The van der Waals surface area contributed by atoms with Gasteiger partial charge < -0.3 is 14.4 Å². The Hall–Kier alpha value is -3.52. The summed E-state index contributed by atoms with van der Waals surface area (Å²) in [7, 11) is 1.88. The minimum atomic E-state index is -0.390. The molecule has 222 valence electrons. The van der Waals surface area contributed by atoms with Gasteiger partial charge in [0.05, 0.1) is 12.6 Å². The number of likely N-dealkylation sites (N-methyl/N-ethyl adjacent to an activating group) is 1. The Balaban J connectivity index is 1.22. The molecule has 2 bridgehead atoms. The van der Waals surface area contributed by atoms with Gasteiger partial charge in [0.1, 0.15) is 11.9 Å². The number of hydrogen-bond acceptors (Lipinski definition) is 7. The van der Waals surface area contributed by atoms with E-state index in [9.17, 15) is 19.2 Å². The third-order valence-electron chi connectivity index (χ3n) is 10.1. The molecule has 1 saturated carbocycles. The van der Waals surface area contributed by atoms with Crippen LogP contribution in [0.4, 0.5) is 0 Å². The first-order valence-electron chi connectivity index (χ1n) is 15.3. The quantitative estimate of drug-likeness (QED) is 0.179. The number of hydrogen-bond donors (Lipinski definition) is 0. The summed E-state index contributed by atoms with van der Waals surface area (Å²) in [5.41, 5.74) is 2.76. The number of ether oxygens (including phenoxy) is 2. The van der Waals surface area contributed by atoms with Crippen molar-refractivity contribution in [2.24, 2.45) is 5.92 Å². The standard InChI is InChI=1S/C34H40N2O6/c1-21(37)20-36-18-17-34-25-14-15-26(35(3)30(40)12-8-7-11-28(39)23-9-5-4-6-10-23)33(34)42-32-29(41-22(2)38)16-13-24(31(32)34)19-27(25)36/h4-6,9-10,13,16,25-27,33H,7-8,11-12,14-15,17-20H2,1-3H3/t25-,26-,27+,33-,34-/m0/s1. The normalized spacial score (nSPS) is 27.0. The number of nitrogens with zero attached hydrogens (tertiary/aromatic N) is 2. The van der Waals surface area contributed by atoms with Crippen molar-refractivity contribution >= 4 is 23.4 Å². The van der Waals surface area contributed by atoms with E-state index in [0.29, 0.717) is 55.2 Å². The summed E-state index contributed by atoms with van der Waals surface area (Å²) in [5.74, 6) is 1.34. The van der Waals surface area contributed by atoms with Gasteiger partial charge in [0.15, 0.2) is 17.3 Å². The first-order chi connectivity index (χ1) is 20.2. The number of ketones is 2. The zero-order valence-corrected chi connectivity index (χ0v) is 24.8. The summed E-state index contributed by atoms with van der Waals surface area (Å²) < 4.78 is 12.4. The van der Waals surface area contributed by atoms with E-state index in [4.69, 9.17) is 9.47 Å². The van der Waals surface area contributed by atoms with Gasteiger partial charge in [-0.3, -0.25) is 24.1 Å². The Bertz CT molecular complexity index is 1410. The van der Waals surface area contributed by atoms with Crippen LogP contribution in [0.3, 0.4) is 0 Å². The van der Waals surface area contributed by atoms with Crippen LogP contribution in [-0.4, -0.2) is 71.6 Å². The van der Waals surface area contributed by atoms with Crippen molar-refractivity contribution in [1.82, 2.24) is 9.80 Å². The van der Waals surface area contributed by atoms with Gasteiger partial charge in [-0.25, -0.2) is 0 Å². The fraction of sp³-hybridized carbons (Fsp3) is 0.529. The van der Waals surface area contributed by atoms with E-state index in [2.05, 4.69) is 11.0 Å². The van der Waals surface area contributed by atoms with Gasteiger partial charge in [-0.1, -0.05) is 36.4 Å². The van der Waals surface area contributed by atoms with Crippen molar-refractivity contribution in [3.63, 3.8) is 0 Å². The lowest BCUT2D eigenvalue weighted by Gasteiger charge is -2.60. The van der Waals surface area contributed by atoms with Crippen molar-refractivity contribution in [3.8, 4) is 11.5 Å². The molecule has 0 unspecified atom stereocenters. The molecule has 0 aromatic heterocycles. The molecule has 2 aliphatic heterocycles. The SMILES string of the molecule is CC(=O)CN1CC[C@]23c4c5ccc(OC(C)=O)c4O[C@H]2[C@@H](N(C)C(=O)CCCCC(=O)c2ccccc2)CC[C@H]3[C@H]1C5. The van der Waals surface area contributed by atoms with Crippen LogP contribution in [0, 0.1) is 5.92 Å².